The van der Waals surface area contributed by atoms with E-state index in [-0.39, 0.29) is 23.2 Å². The molecule has 160 valence electrons. The second-order valence-electron chi connectivity index (χ2n) is 9.81. The fraction of sp³-hybridized carbons (Fsp3) is 0.720. The molecule has 3 aliphatic rings. The highest BCUT2D eigenvalue weighted by atomic mass is 16.7. The highest BCUT2D eigenvalue weighted by Gasteiger charge is 2.68. The maximum Gasteiger partial charge on any atom is 0.155 e. The predicted octanol–water partition coefficient (Wildman–Crippen LogP) is 5.13. The fourth-order valence-corrected chi connectivity index (χ4v) is 7.05. The van der Waals surface area contributed by atoms with Gasteiger partial charge in [-0.2, -0.15) is 0 Å². The van der Waals surface area contributed by atoms with E-state index in [2.05, 4.69) is 39.0 Å². The maximum atomic E-state index is 13.3. The first kappa shape index (κ1) is 20.9. The first-order chi connectivity index (χ1) is 13.8. The molecule has 1 aromatic carbocycles. The van der Waals surface area contributed by atoms with Gasteiger partial charge in [0, 0.05) is 23.9 Å². The smallest absolute Gasteiger partial charge is 0.155 e. The Hall–Kier alpha value is -1.39. The molecule has 1 unspecified atom stereocenters. The zero-order valence-corrected chi connectivity index (χ0v) is 18.8. The zero-order chi connectivity index (χ0) is 21.0. The predicted molar refractivity (Wildman–Crippen MR) is 113 cm³/mol. The van der Waals surface area contributed by atoms with Gasteiger partial charge in [0.05, 0.1) is 13.2 Å². The molecule has 0 radical (unpaired) electrons. The lowest BCUT2D eigenvalue weighted by molar-refractivity contribution is -0.211. The van der Waals surface area contributed by atoms with Crippen LogP contribution in [-0.4, -0.2) is 31.9 Å². The first-order valence-electron chi connectivity index (χ1n) is 11.2. The second kappa shape index (κ2) is 7.39. The molecule has 4 nitrogen and oxygen atoms in total. The van der Waals surface area contributed by atoms with E-state index in [9.17, 15) is 4.79 Å². The first-order valence-corrected chi connectivity index (χ1v) is 11.2. The molecule has 4 heteroatoms. The lowest BCUT2D eigenvalue weighted by Gasteiger charge is -2.59. The number of methoxy groups -OCH3 is 1. The summed E-state index contributed by atoms with van der Waals surface area (Å²) in [7, 11) is 1.73. The van der Waals surface area contributed by atoms with Gasteiger partial charge in [0.15, 0.2) is 6.29 Å². The van der Waals surface area contributed by atoms with Gasteiger partial charge in [0.25, 0.3) is 0 Å². The molecule has 0 bridgehead atoms. The average molecular weight is 401 g/mol. The Kier molecular flexibility index (Phi) is 5.31. The summed E-state index contributed by atoms with van der Waals surface area (Å²) in [5.74, 6) is 2.69. The Morgan fingerprint density at radius 1 is 1.24 bits per heavy atom. The van der Waals surface area contributed by atoms with Crippen LogP contribution >= 0.6 is 0 Å². The largest absolute Gasteiger partial charge is 0.497 e. The zero-order valence-electron chi connectivity index (χ0n) is 18.8. The van der Waals surface area contributed by atoms with Crippen molar-refractivity contribution in [2.45, 2.75) is 78.6 Å². The van der Waals surface area contributed by atoms with Crippen molar-refractivity contribution in [3.63, 3.8) is 0 Å². The van der Waals surface area contributed by atoms with E-state index in [4.69, 9.17) is 14.2 Å². The van der Waals surface area contributed by atoms with Crippen LogP contribution in [0, 0.1) is 22.7 Å². The molecule has 0 saturated heterocycles. The average Bonchev–Trinajstić information content (AvgIpc) is 2.88. The molecular weight excluding hydrogens is 364 g/mol. The minimum Gasteiger partial charge on any atom is -0.497 e. The van der Waals surface area contributed by atoms with Crippen LogP contribution in [0.3, 0.4) is 0 Å². The summed E-state index contributed by atoms with van der Waals surface area (Å²) in [5.41, 5.74) is 2.36. The Bertz CT molecular complexity index is 789. The van der Waals surface area contributed by atoms with Crippen LogP contribution in [0.4, 0.5) is 0 Å². The molecule has 4 rings (SSSR count). The summed E-state index contributed by atoms with van der Waals surface area (Å²) in [6.45, 7) is 11.5. The Labute approximate surface area is 175 Å². The summed E-state index contributed by atoms with van der Waals surface area (Å²) >= 11 is 0. The third-order valence-corrected chi connectivity index (χ3v) is 8.59. The third kappa shape index (κ3) is 2.97. The number of carbonyl (C=O) groups excluding carboxylic acids is 1. The number of fused-ring (bicyclic) bond motifs is 5. The van der Waals surface area contributed by atoms with Gasteiger partial charge in [0.1, 0.15) is 11.5 Å². The van der Waals surface area contributed by atoms with Crippen LogP contribution in [0.5, 0.6) is 5.75 Å². The molecule has 2 saturated carbocycles. The van der Waals surface area contributed by atoms with E-state index in [0.717, 1.165) is 25.0 Å². The van der Waals surface area contributed by atoms with E-state index in [0.29, 0.717) is 36.6 Å². The molecule has 2 fully saturated rings. The molecule has 3 aliphatic carbocycles. The molecule has 0 aliphatic heterocycles. The Morgan fingerprint density at radius 3 is 2.69 bits per heavy atom. The number of benzene rings is 1. The van der Waals surface area contributed by atoms with E-state index < -0.39 is 0 Å². The van der Waals surface area contributed by atoms with E-state index in [1.54, 1.807) is 7.11 Å². The van der Waals surface area contributed by atoms with Gasteiger partial charge in [-0.25, -0.2) is 0 Å². The minimum atomic E-state index is -0.316. The van der Waals surface area contributed by atoms with Crippen molar-refractivity contribution in [3.05, 3.63) is 29.3 Å². The van der Waals surface area contributed by atoms with Gasteiger partial charge in [-0.1, -0.05) is 26.8 Å². The summed E-state index contributed by atoms with van der Waals surface area (Å²) < 4.78 is 17.6. The molecule has 1 aromatic rings. The van der Waals surface area contributed by atoms with Crippen LogP contribution in [0.25, 0.3) is 0 Å². The number of hydrogen-bond donors (Lipinski definition) is 0. The molecule has 0 heterocycles. The summed E-state index contributed by atoms with van der Waals surface area (Å²) in [4.78, 5) is 13.3. The van der Waals surface area contributed by atoms with Crippen LogP contribution in [0.15, 0.2) is 18.2 Å². The maximum absolute atomic E-state index is 13.3. The van der Waals surface area contributed by atoms with Crippen molar-refractivity contribution in [3.8, 4) is 5.75 Å². The van der Waals surface area contributed by atoms with Gasteiger partial charge in [-0.3, -0.25) is 4.79 Å². The standard InChI is InChI=1S/C25H36O4/c1-7-28-16(3)29-22-14-21(26)24(4)11-10-20-19-9-8-18(27-6)13-17(19)12-15(2)23(20)25(22,24)5/h8-9,13,15-16,20,22-23H,7,10-12,14H2,1-6H3/t15-,16?,20-,22-,23-,24-,25-/m1/s1. The lowest BCUT2D eigenvalue weighted by Crippen LogP contribution is -2.56. The van der Waals surface area contributed by atoms with Crippen LogP contribution in [-0.2, 0) is 20.7 Å². The van der Waals surface area contributed by atoms with Crippen molar-refractivity contribution in [2.24, 2.45) is 22.7 Å². The van der Waals surface area contributed by atoms with E-state index >= 15 is 0 Å². The van der Waals surface area contributed by atoms with Crippen LogP contribution in [0.1, 0.15) is 70.9 Å². The Balaban J connectivity index is 1.75. The van der Waals surface area contributed by atoms with Gasteiger partial charge in [-0.15, -0.1) is 0 Å². The highest BCUT2D eigenvalue weighted by Crippen LogP contribution is 2.68. The highest BCUT2D eigenvalue weighted by molar-refractivity contribution is 5.89. The molecular formula is C25H36O4. The van der Waals surface area contributed by atoms with Crippen molar-refractivity contribution >= 4 is 5.78 Å². The van der Waals surface area contributed by atoms with Crippen molar-refractivity contribution in [2.75, 3.05) is 13.7 Å². The summed E-state index contributed by atoms with van der Waals surface area (Å²) in [5, 5.41) is 0. The number of Topliss-reactive ketones (excluding diaryl/α,β-unsaturated/α-hetero) is 1. The van der Waals surface area contributed by atoms with Gasteiger partial charge in [-0.05, 0) is 74.1 Å². The lowest BCUT2D eigenvalue weighted by atomic mass is 9.45. The fourth-order valence-electron chi connectivity index (χ4n) is 7.05. The number of rotatable bonds is 5. The molecule has 0 amide bonds. The number of ketones is 1. The number of carbonyl (C=O) groups is 1. The van der Waals surface area contributed by atoms with Gasteiger partial charge in [0.2, 0.25) is 0 Å². The summed E-state index contributed by atoms with van der Waals surface area (Å²) in [6.07, 6.45) is 3.17. The molecule has 0 N–H and O–H groups in total. The van der Waals surface area contributed by atoms with Gasteiger partial charge >= 0.3 is 0 Å². The van der Waals surface area contributed by atoms with E-state index in [1.165, 1.54) is 11.1 Å². The quantitative estimate of drug-likeness (QED) is 0.643. The van der Waals surface area contributed by atoms with Gasteiger partial charge < -0.3 is 14.2 Å². The summed E-state index contributed by atoms with van der Waals surface area (Å²) in [6, 6.07) is 6.56. The topological polar surface area (TPSA) is 44.8 Å². The molecule has 0 spiro atoms. The third-order valence-electron chi connectivity index (χ3n) is 8.59. The molecule has 0 aromatic heterocycles. The van der Waals surface area contributed by atoms with Crippen LogP contribution < -0.4 is 4.74 Å². The molecule has 7 atom stereocenters. The SMILES string of the molecule is CCOC(C)O[C@@H]1CC(=O)[C@@]2(C)CC[C@@H]3c4ccc(OC)cc4C[C@@H](C)[C@H]3[C@@]12C. The van der Waals surface area contributed by atoms with Crippen molar-refractivity contribution < 1.29 is 19.0 Å². The monoisotopic (exact) mass is 400 g/mol. The Morgan fingerprint density at radius 2 is 2.00 bits per heavy atom. The number of ether oxygens (including phenoxy) is 3. The number of hydrogen-bond acceptors (Lipinski definition) is 4. The van der Waals surface area contributed by atoms with Crippen molar-refractivity contribution in [1.82, 2.24) is 0 Å². The van der Waals surface area contributed by atoms with E-state index in [1.807, 2.05) is 13.8 Å². The minimum absolute atomic E-state index is 0.0865. The molecule has 29 heavy (non-hydrogen) atoms. The van der Waals surface area contributed by atoms with Crippen LogP contribution in [0.2, 0.25) is 0 Å². The van der Waals surface area contributed by atoms with Crippen molar-refractivity contribution in [1.29, 1.82) is 0 Å². The normalized spacial score (nSPS) is 39.4. The second-order valence-corrected chi connectivity index (χ2v) is 9.81.